The maximum Gasteiger partial charge on any atom is 0.167 e. The van der Waals surface area contributed by atoms with Gasteiger partial charge in [-0.15, -0.1) is 10.2 Å². The average molecular weight is 269 g/mol. The molecule has 96 valence electrons. The maximum atomic E-state index is 13.9. The van der Waals surface area contributed by atoms with Gasteiger partial charge in [0.2, 0.25) is 0 Å². The van der Waals surface area contributed by atoms with Crippen LogP contribution >= 0.6 is 11.6 Å². The zero-order chi connectivity index (χ0) is 13.3. The third-order valence-electron chi connectivity index (χ3n) is 2.64. The summed E-state index contributed by atoms with van der Waals surface area (Å²) in [5, 5.41) is 8.36. The van der Waals surface area contributed by atoms with E-state index in [9.17, 15) is 4.39 Å². The lowest BCUT2D eigenvalue weighted by molar-refractivity contribution is 0.569. The fourth-order valence-electron chi connectivity index (χ4n) is 1.86. The zero-order valence-electron chi connectivity index (χ0n) is 10.2. The quantitative estimate of drug-likeness (QED) is 0.931. The van der Waals surface area contributed by atoms with Crippen molar-refractivity contribution in [1.29, 1.82) is 0 Å². The van der Waals surface area contributed by atoms with Crippen LogP contribution in [0.2, 0.25) is 5.02 Å². The van der Waals surface area contributed by atoms with Crippen LogP contribution in [-0.2, 0) is 6.54 Å². The number of benzene rings is 1. The SMILES string of the molecule is CC(C)n1c(CN)nnc1-c1ccc(Cl)cc1F. The number of hydrogen-bond acceptors (Lipinski definition) is 3. The zero-order valence-corrected chi connectivity index (χ0v) is 10.9. The van der Waals surface area contributed by atoms with Crippen LogP contribution < -0.4 is 5.73 Å². The minimum Gasteiger partial charge on any atom is -0.324 e. The molecule has 0 saturated carbocycles. The lowest BCUT2D eigenvalue weighted by Gasteiger charge is -2.13. The Morgan fingerprint density at radius 2 is 2.11 bits per heavy atom. The number of halogens is 2. The molecule has 2 rings (SSSR count). The van der Waals surface area contributed by atoms with E-state index in [1.165, 1.54) is 6.07 Å². The number of nitrogens with zero attached hydrogens (tertiary/aromatic N) is 3. The number of aromatic nitrogens is 3. The molecule has 1 aromatic carbocycles. The Morgan fingerprint density at radius 3 is 2.67 bits per heavy atom. The van der Waals surface area contributed by atoms with E-state index in [1.807, 2.05) is 18.4 Å². The van der Waals surface area contributed by atoms with Crippen molar-refractivity contribution in [3.05, 3.63) is 34.9 Å². The van der Waals surface area contributed by atoms with Crippen LogP contribution in [0.4, 0.5) is 4.39 Å². The summed E-state index contributed by atoms with van der Waals surface area (Å²) in [7, 11) is 0. The molecule has 18 heavy (non-hydrogen) atoms. The summed E-state index contributed by atoms with van der Waals surface area (Å²) >= 11 is 5.74. The van der Waals surface area contributed by atoms with Crippen molar-refractivity contribution >= 4 is 11.6 Å². The monoisotopic (exact) mass is 268 g/mol. The minimum absolute atomic E-state index is 0.101. The molecule has 0 aliphatic carbocycles. The molecule has 4 nitrogen and oxygen atoms in total. The van der Waals surface area contributed by atoms with E-state index in [0.29, 0.717) is 22.2 Å². The first-order valence-corrected chi connectivity index (χ1v) is 6.01. The second kappa shape index (κ2) is 5.04. The van der Waals surface area contributed by atoms with Gasteiger partial charge in [0.05, 0.1) is 12.1 Å². The largest absolute Gasteiger partial charge is 0.324 e. The first-order valence-electron chi connectivity index (χ1n) is 5.64. The van der Waals surface area contributed by atoms with Gasteiger partial charge in [0.1, 0.15) is 11.6 Å². The molecule has 0 fully saturated rings. The fourth-order valence-corrected chi connectivity index (χ4v) is 2.02. The smallest absolute Gasteiger partial charge is 0.167 e. The lowest BCUT2D eigenvalue weighted by atomic mass is 10.2. The summed E-state index contributed by atoms with van der Waals surface area (Å²) < 4.78 is 15.7. The number of hydrogen-bond donors (Lipinski definition) is 1. The van der Waals surface area contributed by atoms with E-state index in [4.69, 9.17) is 17.3 Å². The predicted molar refractivity (Wildman–Crippen MR) is 68.7 cm³/mol. The van der Waals surface area contributed by atoms with Crippen molar-refractivity contribution in [3.63, 3.8) is 0 Å². The molecule has 0 amide bonds. The van der Waals surface area contributed by atoms with Gasteiger partial charge < -0.3 is 10.3 Å². The molecule has 0 aliphatic rings. The van der Waals surface area contributed by atoms with Gasteiger partial charge in [-0.1, -0.05) is 11.6 Å². The Balaban J connectivity index is 2.60. The Bertz CT molecular complexity index is 565. The molecule has 2 N–H and O–H groups in total. The van der Waals surface area contributed by atoms with Crippen LogP contribution in [0.15, 0.2) is 18.2 Å². The van der Waals surface area contributed by atoms with Gasteiger partial charge in [0, 0.05) is 11.1 Å². The summed E-state index contributed by atoms with van der Waals surface area (Å²) in [6.07, 6.45) is 0. The third kappa shape index (κ3) is 2.23. The standard InChI is InChI=1S/C12H14ClFN4/c1-7(2)18-11(6-15)16-17-12(18)9-4-3-8(13)5-10(9)14/h3-5,7H,6,15H2,1-2H3. The number of rotatable bonds is 3. The molecule has 0 spiro atoms. The van der Waals surface area contributed by atoms with Gasteiger partial charge in [-0.25, -0.2) is 4.39 Å². The minimum atomic E-state index is -0.416. The van der Waals surface area contributed by atoms with Gasteiger partial charge in [0.25, 0.3) is 0 Å². The highest BCUT2D eigenvalue weighted by Gasteiger charge is 2.18. The highest BCUT2D eigenvalue weighted by molar-refractivity contribution is 6.30. The Morgan fingerprint density at radius 1 is 1.39 bits per heavy atom. The Kier molecular flexibility index (Phi) is 3.63. The predicted octanol–water partition coefficient (Wildman–Crippen LogP) is 2.78. The third-order valence-corrected chi connectivity index (χ3v) is 2.87. The van der Waals surface area contributed by atoms with E-state index < -0.39 is 5.82 Å². The van der Waals surface area contributed by atoms with Gasteiger partial charge in [-0.3, -0.25) is 0 Å². The van der Waals surface area contributed by atoms with Crippen LogP contribution in [0.3, 0.4) is 0 Å². The Hall–Kier alpha value is -1.46. The second-order valence-electron chi connectivity index (χ2n) is 4.23. The summed E-state index contributed by atoms with van der Waals surface area (Å²) in [6.45, 7) is 4.21. The van der Waals surface area contributed by atoms with E-state index in [-0.39, 0.29) is 12.6 Å². The molecule has 1 heterocycles. The van der Waals surface area contributed by atoms with Crippen molar-refractivity contribution in [2.45, 2.75) is 26.4 Å². The van der Waals surface area contributed by atoms with E-state index >= 15 is 0 Å². The van der Waals surface area contributed by atoms with Crippen LogP contribution in [0.25, 0.3) is 11.4 Å². The summed E-state index contributed by atoms with van der Waals surface area (Å²) in [6, 6.07) is 4.59. The normalized spacial score (nSPS) is 11.2. The van der Waals surface area contributed by atoms with Crippen LogP contribution in [0.1, 0.15) is 25.7 Å². The second-order valence-corrected chi connectivity index (χ2v) is 4.67. The van der Waals surface area contributed by atoms with Crippen LogP contribution in [0.5, 0.6) is 0 Å². The molecular weight excluding hydrogens is 255 g/mol. The van der Waals surface area contributed by atoms with E-state index in [0.717, 1.165) is 0 Å². The van der Waals surface area contributed by atoms with Gasteiger partial charge in [-0.05, 0) is 32.0 Å². The van der Waals surface area contributed by atoms with E-state index in [2.05, 4.69) is 10.2 Å². The van der Waals surface area contributed by atoms with Crippen molar-refractivity contribution < 1.29 is 4.39 Å². The highest BCUT2D eigenvalue weighted by Crippen LogP contribution is 2.26. The molecule has 6 heteroatoms. The first kappa shape index (κ1) is 13.0. The van der Waals surface area contributed by atoms with Crippen molar-refractivity contribution in [3.8, 4) is 11.4 Å². The molecule has 0 saturated heterocycles. The average Bonchev–Trinajstić information content (AvgIpc) is 2.72. The van der Waals surface area contributed by atoms with Crippen molar-refractivity contribution in [1.82, 2.24) is 14.8 Å². The van der Waals surface area contributed by atoms with E-state index in [1.54, 1.807) is 12.1 Å². The topological polar surface area (TPSA) is 56.7 Å². The van der Waals surface area contributed by atoms with Crippen molar-refractivity contribution in [2.24, 2.45) is 5.73 Å². The molecule has 0 atom stereocenters. The molecule has 0 radical (unpaired) electrons. The fraction of sp³-hybridized carbons (Fsp3) is 0.333. The molecule has 0 bridgehead atoms. The number of nitrogens with two attached hydrogens (primary N) is 1. The maximum absolute atomic E-state index is 13.9. The van der Waals surface area contributed by atoms with Crippen LogP contribution in [-0.4, -0.2) is 14.8 Å². The van der Waals surface area contributed by atoms with Crippen molar-refractivity contribution in [2.75, 3.05) is 0 Å². The summed E-state index contributed by atoms with van der Waals surface area (Å²) in [4.78, 5) is 0. The molecule has 1 aromatic heterocycles. The summed E-state index contributed by atoms with van der Waals surface area (Å²) in [5.41, 5.74) is 5.98. The molecule has 0 aliphatic heterocycles. The Labute approximate surface area is 110 Å². The molecule has 2 aromatic rings. The van der Waals surface area contributed by atoms with Gasteiger partial charge in [0.15, 0.2) is 5.82 Å². The van der Waals surface area contributed by atoms with Gasteiger partial charge >= 0.3 is 0 Å². The van der Waals surface area contributed by atoms with Crippen LogP contribution in [0, 0.1) is 5.82 Å². The van der Waals surface area contributed by atoms with Gasteiger partial charge in [-0.2, -0.15) is 0 Å². The highest BCUT2D eigenvalue weighted by atomic mass is 35.5. The first-order chi connectivity index (χ1) is 8.54. The molecule has 0 unspecified atom stereocenters. The lowest BCUT2D eigenvalue weighted by Crippen LogP contribution is -2.11. The summed E-state index contributed by atoms with van der Waals surface area (Å²) in [5.74, 6) is 0.689. The molecular formula is C12H14ClFN4.